The number of anilines is 1. The van der Waals surface area contributed by atoms with Gasteiger partial charge in [-0.15, -0.1) is 0 Å². The minimum atomic E-state index is 0.521. The van der Waals surface area contributed by atoms with Crippen molar-refractivity contribution < 1.29 is 4.74 Å². The van der Waals surface area contributed by atoms with E-state index in [1.165, 1.54) is 0 Å². The standard InChI is InChI=1S/C19H16N4O/c1-24-15-7-8-16-17(10-15)23-19(22-16)13-4-2-12(3-5-13)14-6-9-18(20)21-11-14/h2-11H,1H3,(H2,20,21)(H,22,23). The van der Waals surface area contributed by atoms with Crippen molar-refractivity contribution in [2.75, 3.05) is 12.8 Å². The summed E-state index contributed by atoms with van der Waals surface area (Å²) in [6.45, 7) is 0. The number of nitrogens with zero attached hydrogens (tertiary/aromatic N) is 2. The van der Waals surface area contributed by atoms with Crippen molar-refractivity contribution in [3.05, 3.63) is 60.8 Å². The number of aromatic amines is 1. The highest BCUT2D eigenvalue weighted by molar-refractivity contribution is 5.81. The van der Waals surface area contributed by atoms with Crippen molar-refractivity contribution in [3.8, 4) is 28.3 Å². The van der Waals surface area contributed by atoms with Gasteiger partial charge < -0.3 is 15.5 Å². The number of nitrogens with one attached hydrogen (secondary N) is 1. The van der Waals surface area contributed by atoms with Crippen molar-refractivity contribution >= 4 is 16.9 Å². The maximum atomic E-state index is 5.63. The molecule has 5 nitrogen and oxygen atoms in total. The molecule has 24 heavy (non-hydrogen) atoms. The smallest absolute Gasteiger partial charge is 0.138 e. The Morgan fingerprint density at radius 3 is 2.38 bits per heavy atom. The van der Waals surface area contributed by atoms with Gasteiger partial charge in [-0.05, 0) is 29.8 Å². The highest BCUT2D eigenvalue weighted by Crippen LogP contribution is 2.26. The Balaban J connectivity index is 1.68. The third kappa shape index (κ3) is 2.56. The molecule has 3 N–H and O–H groups in total. The molecule has 2 heterocycles. The molecule has 0 amide bonds. The van der Waals surface area contributed by atoms with Crippen LogP contribution in [-0.2, 0) is 0 Å². The molecule has 118 valence electrons. The Morgan fingerprint density at radius 1 is 0.917 bits per heavy atom. The second kappa shape index (κ2) is 5.70. The van der Waals surface area contributed by atoms with Gasteiger partial charge in [0.25, 0.3) is 0 Å². The van der Waals surface area contributed by atoms with Crippen LogP contribution in [0, 0.1) is 0 Å². The van der Waals surface area contributed by atoms with E-state index in [0.29, 0.717) is 5.82 Å². The molecule has 0 spiro atoms. The van der Waals surface area contributed by atoms with E-state index in [-0.39, 0.29) is 0 Å². The van der Waals surface area contributed by atoms with Crippen LogP contribution in [0.25, 0.3) is 33.5 Å². The number of methoxy groups -OCH3 is 1. The predicted octanol–water partition coefficient (Wildman–Crippen LogP) is 3.88. The van der Waals surface area contributed by atoms with E-state index in [4.69, 9.17) is 10.5 Å². The summed E-state index contributed by atoms with van der Waals surface area (Å²) in [5.41, 5.74) is 10.6. The Hall–Kier alpha value is -3.34. The Bertz CT molecular complexity index is 988. The minimum absolute atomic E-state index is 0.521. The molecule has 0 saturated carbocycles. The zero-order valence-corrected chi connectivity index (χ0v) is 13.2. The molecule has 0 aliphatic heterocycles. The van der Waals surface area contributed by atoms with E-state index < -0.39 is 0 Å². The van der Waals surface area contributed by atoms with E-state index >= 15 is 0 Å². The molecule has 2 aromatic heterocycles. The maximum Gasteiger partial charge on any atom is 0.138 e. The van der Waals surface area contributed by atoms with Gasteiger partial charge in [0.2, 0.25) is 0 Å². The third-order valence-corrected chi connectivity index (χ3v) is 3.97. The van der Waals surface area contributed by atoms with Crippen molar-refractivity contribution in [2.45, 2.75) is 0 Å². The van der Waals surface area contributed by atoms with Crippen LogP contribution in [0.3, 0.4) is 0 Å². The largest absolute Gasteiger partial charge is 0.497 e. The Morgan fingerprint density at radius 2 is 1.67 bits per heavy atom. The number of aromatic nitrogens is 3. The molecule has 0 fully saturated rings. The van der Waals surface area contributed by atoms with Crippen LogP contribution in [-0.4, -0.2) is 22.1 Å². The second-order valence-electron chi connectivity index (χ2n) is 5.52. The van der Waals surface area contributed by atoms with Gasteiger partial charge in [0.05, 0.1) is 18.1 Å². The summed E-state index contributed by atoms with van der Waals surface area (Å²) in [7, 11) is 1.66. The van der Waals surface area contributed by atoms with Crippen molar-refractivity contribution in [2.24, 2.45) is 0 Å². The first kappa shape index (κ1) is 14.3. The highest BCUT2D eigenvalue weighted by Gasteiger charge is 2.07. The van der Waals surface area contributed by atoms with Crippen LogP contribution in [0.4, 0.5) is 5.82 Å². The lowest BCUT2D eigenvalue weighted by Crippen LogP contribution is -1.89. The number of benzene rings is 2. The van der Waals surface area contributed by atoms with Gasteiger partial charge in [0, 0.05) is 23.4 Å². The topological polar surface area (TPSA) is 76.8 Å². The maximum absolute atomic E-state index is 5.63. The number of ether oxygens (including phenoxy) is 1. The minimum Gasteiger partial charge on any atom is -0.497 e. The number of H-pyrrole nitrogens is 1. The summed E-state index contributed by atoms with van der Waals surface area (Å²) < 4.78 is 5.25. The molecule has 0 saturated heterocycles. The van der Waals surface area contributed by atoms with E-state index in [1.807, 2.05) is 36.4 Å². The van der Waals surface area contributed by atoms with Crippen LogP contribution in [0.1, 0.15) is 0 Å². The number of imidazole rings is 1. The molecule has 4 aromatic rings. The average Bonchev–Trinajstić information content (AvgIpc) is 3.05. The number of rotatable bonds is 3. The summed E-state index contributed by atoms with van der Waals surface area (Å²) in [4.78, 5) is 12.1. The number of pyridine rings is 1. The van der Waals surface area contributed by atoms with Gasteiger partial charge in [-0.1, -0.05) is 24.3 Å². The van der Waals surface area contributed by atoms with Crippen molar-refractivity contribution in [1.29, 1.82) is 0 Å². The molecule has 0 radical (unpaired) electrons. The van der Waals surface area contributed by atoms with Crippen LogP contribution in [0.2, 0.25) is 0 Å². The summed E-state index contributed by atoms with van der Waals surface area (Å²) in [5, 5.41) is 0. The lowest BCUT2D eigenvalue weighted by Gasteiger charge is -2.03. The van der Waals surface area contributed by atoms with E-state index in [2.05, 4.69) is 27.1 Å². The summed E-state index contributed by atoms with van der Waals surface area (Å²) in [6, 6.07) is 17.8. The van der Waals surface area contributed by atoms with Gasteiger partial charge in [0.1, 0.15) is 17.4 Å². The first-order chi connectivity index (χ1) is 11.7. The molecular weight excluding hydrogens is 300 g/mol. The second-order valence-corrected chi connectivity index (χ2v) is 5.52. The molecule has 0 atom stereocenters. The van der Waals surface area contributed by atoms with Crippen LogP contribution in [0.15, 0.2) is 60.8 Å². The molecular formula is C19H16N4O. The average molecular weight is 316 g/mol. The van der Waals surface area contributed by atoms with Crippen molar-refractivity contribution in [3.63, 3.8) is 0 Å². The van der Waals surface area contributed by atoms with Crippen LogP contribution < -0.4 is 10.5 Å². The van der Waals surface area contributed by atoms with E-state index in [1.54, 1.807) is 19.4 Å². The first-order valence-corrected chi connectivity index (χ1v) is 7.59. The quantitative estimate of drug-likeness (QED) is 0.601. The lowest BCUT2D eigenvalue weighted by atomic mass is 10.1. The first-order valence-electron chi connectivity index (χ1n) is 7.59. The van der Waals surface area contributed by atoms with Crippen LogP contribution >= 0.6 is 0 Å². The SMILES string of the molecule is COc1ccc2nc(-c3ccc(-c4ccc(N)nc4)cc3)[nH]c2c1. The van der Waals surface area contributed by atoms with Gasteiger partial charge in [-0.25, -0.2) is 9.97 Å². The fourth-order valence-corrected chi connectivity index (χ4v) is 2.65. The predicted molar refractivity (Wildman–Crippen MR) is 95.7 cm³/mol. The molecule has 0 unspecified atom stereocenters. The Labute approximate surface area is 139 Å². The van der Waals surface area contributed by atoms with E-state index in [9.17, 15) is 0 Å². The zero-order valence-electron chi connectivity index (χ0n) is 13.2. The summed E-state index contributed by atoms with van der Waals surface area (Å²) >= 11 is 0. The summed E-state index contributed by atoms with van der Waals surface area (Å²) in [6.07, 6.45) is 1.78. The monoisotopic (exact) mass is 316 g/mol. The normalized spacial score (nSPS) is 10.9. The number of fused-ring (bicyclic) bond motifs is 1. The molecule has 4 rings (SSSR count). The molecule has 0 bridgehead atoms. The number of nitrogen functional groups attached to an aromatic ring is 1. The molecule has 0 aliphatic carbocycles. The molecule has 5 heteroatoms. The van der Waals surface area contributed by atoms with Gasteiger partial charge in [0.15, 0.2) is 0 Å². The Kier molecular flexibility index (Phi) is 3.39. The van der Waals surface area contributed by atoms with Crippen LogP contribution in [0.5, 0.6) is 5.75 Å². The lowest BCUT2D eigenvalue weighted by molar-refractivity contribution is 0.415. The van der Waals surface area contributed by atoms with Crippen molar-refractivity contribution in [1.82, 2.24) is 15.0 Å². The zero-order chi connectivity index (χ0) is 16.5. The third-order valence-electron chi connectivity index (χ3n) is 3.97. The van der Waals surface area contributed by atoms with E-state index in [0.717, 1.165) is 39.3 Å². The molecule has 2 aromatic carbocycles. The highest BCUT2D eigenvalue weighted by atomic mass is 16.5. The number of nitrogens with two attached hydrogens (primary N) is 1. The molecule has 0 aliphatic rings. The van der Waals surface area contributed by atoms with Gasteiger partial charge >= 0.3 is 0 Å². The number of hydrogen-bond donors (Lipinski definition) is 2. The van der Waals surface area contributed by atoms with Gasteiger partial charge in [-0.2, -0.15) is 0 Å². The fraction of sp³-hybridized carbons (Fsp3) is 0.0526. The fourth-order valence-electron chi connectivity index (χ4n) is 2.65. The number of hydrogen-bond acceptors (Lipinski definition) is 4. The summed E-state index contributed by atoms with van der Waals surface area (Å²) in [5.74, 6) is 2.16. The van der Waals surface area contributed by atoms with Gasteiger partial charge in [-0.3, -0.25) is 0 Å².